The molecule has 0 bridgehead atoms. The second kappa shape index (κ2) is 14.4. The Labute approximate surface area is 265 Å². The fourth-order valence-electron chi connectivity index (χ4n) is 6.15. The molecule has 44 heavy (non-hydrogen) atoms. The van der Waals surface area contributed by atoms with Crippen molar-refractivity contribution in [1.29, 1.82) is 0 Å². The van der Waals surface area contributed by atoms with Gasteiger partial charge in [-0.15, -0.1) is 0 Å². The fourth-order valence-corrected chi connectivity index (χ4v) is 10.1. The second-order valence-electron chi connectivity index (χ2n) is 12.9. The van der Waals surface area contributed by atoms with Gasteiger partial charge >= 0.3 is 5.97 Å². The van der Waals surface area contributed by atoms with Gasteiger partial charge < -0.3 is 4.74 Å². The minimum atomic E-state index is -3.82. The molecule has 0 N–H and O–H groups in total. The van der Waals surface area contributed by atoms with E-state index in [2.05, 4.69) is 13.8 Å². The highest BCUT2D eigenvalue weighted by Crippen LogP contribution is 2.46. The number of ether oxygens (including phenoxy) is 1. The summed E-state index contributed by atoms with van der Waals surface area (Å²) in [7, 11) is -7.62. The zero-order chi connectivity index (χ0) is 32.9. The largest absolute Gasteiger partial charge is 0.462 e. The van der Waals surface area contributed by atoms with Crippen LogP contribution in [0.3, 0.4) is 0 Å². The molecule has 2 unspecified atom stereocenters. The lowest BCUT2D eigenvalue weighted by atomic mass is 9.70. The van der Waals surface area contributed by atoms with Gasteiger partial charge in [-0.1, -0.05) is 72.0 Å². The molecule has 0 heterocycles. The van der Waals surface area contributed by atoms with Gasteiger partial charge in [0.25, 0.3) is 0 Å². The Morgan fingerprint density at radius 1 is 0.818 bits per heavy atom. The summed E-state index contributed by atoms with van der Waals surface area (Å²) in [5.74, 6) is -0.412. The van der Waals surface area contributed by atoms with E-state index in [4.69, 9.17) is 4.74 Å². The molecule has 0 saturated heterocycles. The Morgan fingerprint density at radius 2 is 1.34 bits per heavy atom. The van der Waals surface area contributed by atoms with Gasteiger partial charge in [0.15, 0.2) is 19.7 Å². The second-order valence-corrected chi connectivity index (χ2v) is 17.2. The summed E-state index contributed by atoms with van der Waals surface area (Å²) >= 11 is 0. The Kier molecular flexibility index (Phi) is 11.6. The number of hydrogen-bond acceptors (Lipinski definition) is 6. The Balaban J connectivity index is 2.12. The summed E-state index contributed by atoms with van der Waals surface area (Å²) in [6, 6.07) is 13.7. The molecule has 1 aliphatic rings. The monoisotopic (exact) mass is 640 g/mol. The van der Waals surface area contributed by atoms with Crippen LogP contribution in [0, 0.1) is 19.3 Å². The van der Waals surface area contributed by atoms with Gasteiger partial charge in [0.05, 0.1) is 20.3 Å². The van der Waals surface area contributed by atoms with Crippen LogP contribution in [0.1, 0.15) is 84.8 Å². The molecule has 240 valence electrons. The van der Waals surface area contributed by atoms with Crippen LogP contribution in [0.25, 0.3) is 0 Å². The molecule has 0 aromatic heterocycles. The maximum atomic E-state index is 14.4. The van der Waals surface area contributed by atoms with E-state index in [1.165, 1.54) is 6.92 Å². The van der Waals surface area contributed by atoms with Crippen molar-refractivity contribution < 1.29 is 26.4 Å². The fraction of sp³-hybridized carbons (Fsp3) is 0.472. The third-order valence-electron chi connectivity index (χ3n) is 8.56. The van der Waals surface area contributed by atoms with Gasteiger partial charge in [-0.3, -0.25) is 4.79 Å². The highest BCUT2D eigenvalue weighted by atomic mass is 32.2. The Bertz CT molecular complexity index is 1640. The zero-order valence-corrected chi connectivity index (χ0v) is 29.1. The lowest BCUT2D eigenvalue weighted by Gasteiger charge is -2.39. The van der Waals surface area contributed by atoms with Crippen molar-refractivity contribution >= 4 is 25.6 Å². The molecular formula is C36H48O6S2. The molecule has 8 heteroatoms. The van der Waals surface area contributed by atoms with E-state index in [1.807, 2.05) is 46.8 Å². The molecule has 0 amide bonds. The molecule has 2 aromatic carbocycles. The highest BCUT2D eigenvalue weighted by Gasteiger charge is 2.41. The van der Waals surface area contributed by atoms with Gasteiger partial charge in [-0.25, -0.2) is 16.8 Å². The first-order valence-corrected chi connectivity index (χ1v) is 18.3. The lowest BCUT2D eigenvalue weighted by molar-refractivity contribution is -0.139. The van der Waals surface area contributed by atoms with E-state index in [0.717, 1.165) is 47.1 Å². The van der Waals surface area contributed by atoms with Gasteiger partial charge in [0.1, 0.15) is 6.61 Å². The van der Waals surface area contributed by atoms with Crippen LogP contribution in [-0.2, 0) is 29.2 Å². The quantitative estimate of drug-likeness (QED) is 0.172. The van der Waals surface area contributed by atoms with E-state index < -0.39 is 36.1 Å². The van der Waals surface area contributed by atoms with Crippen molar-refractivity contribution in [3.8, 4) is 0 Å². The summed E-state index contributed by atoms with van der Waals surface area (Å²) in [6.07, 6.45) is 6.54. The SMILES string of the molecule is CC(=O)OCC=C(C)CC(C=C(C)CC(C1=C(C)CCCC1(C)C)S(=O)(=O)c1ccc(C)cc1)S(=O)(=O)c1ccc(C)cc1. The Morgan fingerprint density at radius 3 is 1.84 bits per heavy atom. The van der Waals surface area contributed by atoms with E-state index >= 15 is 0 Å². The van der Waals surface area contributed by atoms with E-state index in [-0.39, 0.29) is 34.7 Å². The molecule has 0 aliphatic heterocycles. The first-order valence-electron chi connectivity index (χ1n) is 15.2. The molecular weight excluding hydrogens is 593 g/mol. The number of carbonyl (C=O) groups excluding carboxylic acids is 1. The van der Waals surface area contributed by atoms with Gasteiger partial charge in [-0.05, 0) is 108 Å². The van der Waals surface area contributed by atoms with Crippen molar-refractivity contribution in [2.75, 3.05) is 6.61 Å². The predicted molar refractivity (Wildman–Crippen MR) is 178 cm³/mol. The van der Waals surface area contributed by atoms with Crippen LogP contribution in [0.15, 0.2) is 92.8 Å². The molecule has 0 radical (unpaired) electrons. The summed E-state index contributed by atoms with van der Waals surface area (Å²) < 4.78 is 61.8. The molecule has 6 nitrogen and oxygen atoms in total. The van der Waals surface area contributed by atoms with Gasteiger partial charge in [0.2, 0.25) is 0 Å². The highest BCUT2D eigenvalue weighted by molar-refractivity contribution is 7.92. The van der Waals surface area contributed by atoms with Gasteiger partial charge in [-0.2, -0.15) is 0 Å². The lowest BCUT2D eigenvalue weighted by Crippen LogP contribution is -2.35. The van der Waals surface area contributed by atoms with E-state index in [9.17, 15) is 21.6 Å². The van der Waals surface area contributed by atoms with Crippen LogP contribution in [0.5, 0.6) is 0 Å². The summed E-state index contributed by atoms with van der Waals surface area (Å²) in [4.78, 5) is 11.7. The van der Waals surface area contributed by atoms with Crippen LogP contribution < -0.4 is 0 Å². The van der Waals surface area contributed by atoms with Crippen LogP contribution in [-0.4, -0.2) is 39.9 Å². The summed E-state index contributed by atoms with van der Waals surface area (Å²) in [5, 5.41) is -1.75. The summed E-state index contributed by atoms with van der Waals surface area (Å²) in [6.45, 7) is 15.1. The number of rotatable bonds is 12. The molecule has 1 aliphatic carbocycles. The number of aryl methyl sites for hydroxylation is 2. The van der Waals surface area contributed by atoms with Crippen molar-refractivity contribution in [1.82, 2.24) is 0 Å². The molecule has 2 atom stereocenters. The smallest absolute Gasteiger partial charge is 0.302 e. The van der Waals surface area contributed by atoms with E-state index in [0.29, 0.717) is 5.57 Å². The maximum absolute atomic E-state index is 14.4. The minimum absolute atomic E-state index is 0.0561. The van der Waals surface area contributed by atoms with Crippen LogP contribution in [0.2, 0.25) is 0 Å². The standard InChI is InChI=1S/C36H48O6S2/c1-25-11-15-31(16-12-25)43(38,39)33(22-27(3)19-21-42-30(6)37)23-28(4)24-34(35-29(5)10-9-20-36(35,7)8)44(40,41)32-17-13-26(2)14-18-32/h11-19,23,33-34H,9-10,20-22,24H2,1-8H3. The predicted octanol–water partition coefficient (Wildman–Crippen LogP) is 8.05. The average molecular weight is 641 g/mol. The maximum Gasteiger partial charge on any atom is 0.302 e. The molecule has 3 rings (SSSR count). The topological polar surface area (TPSA) is 94.6 Å². The van der Waals surface area contributed by atoms with Crippen molar-refractivity contribution in [3.63, 3.8) is 0 Å². The van der Waals surface area contributed by atoms with Crippen molar-refractivity contribution in [2.24, 2.45) is 5.41 Å². The van der Waals surface area contributed by atoms with Gasteiger partial charge in [0, 0.05) is 6.92 Å². The molecule has 2 aromatic rings. The Hall–Kier alpha value is -2.97. The molecule has 0 fully saturated rings. The zero-order valence-electron chi connectivity index (χ0n) is 27.4. The first kappa shape index (κ1) is 35.5. The van der Waals surface area contributed by atoms with E-state index in [1.54, 1.807) is 48.6 Å². The van der Waals surface area contributed by atoms with Crippen LogP contribution in [0.4, 0.5) is 0 Å². The summed E-state index contributed by atoms with van der Waals surface area (Å²) in [5.41, 5.74) is 5.11. The molecule has 0 spiro atoms. The number of esters is 1. The third kappa shape index (κ3) is 8.81. The van der Waals surface area contributed by atoms with Crippen LogP contribution >= 0.6 is 0 Å². The normalized spacial score (nSPS) is 17.7. The van der Waals surface area contributed by atoms with Crippen molar-refractivity contribution in [3.05, 3.63) is 94.1 Å². The number of carbonyl (C=O) groups is 1. The molecule has 0 saturated carbocycles. The number of sulfone groups is 2. The first-order chi connectivity index (χ1) is 20.4. The number of allylic oxidation sites excluding steroid dienone is 3. The number of hydrogen-bond donors (Lipinski definition) is 0. The average Bonchev–Trinajstić information content (AvgIpc) is 2.92. The number of benzene rings is 2. The van der Waals surface area contributed by atoms with Crippen molar-refractivity contribution in [2.45, 2.75) is 108 Å². The minimum Gasteiger partial charge on any atom is -0.462 e. The third-order valence-corrected chi connectivity index (χ3v) is 12.7.